The van der Waals surface area contributed by atoms with Gasteiger partial charge in [0.05, 0.1) is 13.2 Å². The van der Waals surface area contributed by atoms with Crippen molar-refractivity contribution in [2.24, 2.45) is 0 Å². The molecule has 0 spiro atoms. The van der Waals surface area contributed by atoms with Crippen LogP contribution in [0.3, 0.4) is 0 Å². The fourth-order valence-corrected chi connectivity index (χ4v) is 2.58. The second kappa shape index (κ2) is 8.72. The minimum absolute atomic E-state index is 0.140. The molecule has 2 heterocycles. The van der Waals surface area contributed by atoms with Crippen LogP contribution in [0.25, 0.3) is 0 Å². The van der Waals surface area contributed by atoms with Crippen LogP contribution >= 0.6 is 11.6 Å². The molecule has 1 aromatic heterocycles. The molecule has 3 rings (SSSR count). The number of halogens is 1. The Labute approximate surface area is 151 Å². The molecular weight excluding hydrogens is 344 g/mol. The van der Waals surface area contributed by atoms with Gasteiger partial charge in [-0.1, -0.05) is 11.6 Å². The number of morpholine rings is 1. The number of oxazole rings is 1. The number of rotatable bonds is 7. The molecule has 1 aliphatic heterocycles. The number of nitriles is 1. The number of hydrogen-bond acceptors (Lipinski definition) is 7. The van der Waals surface area contributed by atoms with Crippen LogP contribution in [-0.2, 0) is 11.3 Å². The lowest BCUT2D eigenvalue weighted by Gasteiger charge is -2.26. The Bertz CT molecular complexity index is 720. The molecule has 0 aliphatic carbocycles. The highest BCUT2D eigenvalue weighted by molar-refractivity contribution is 6.30. The quantitative estimate of drug-likeness (QED) is 0.810. The van der Waals surface area contributed by atoms with Crippen LogP contribution in [0.4, 0.5) is 5.88 Å². The minimum atomic E-state index is 0.140. The Balaban J connectivity index is 1.51. The molecule has 0 unspecified atom stereocenters. The molecule has 1 fully saturated rings. The van der Waals surface area contributed by atoms with Gasteiger partial charge in [-0.15, -0.1) is 0 Å². The van der Waals surface area contributed by atoms with Gasteiger partial charge in [-0.25, -0.2) is 0 Å². The first-order valence-corrected chi connectivity index (χ1v) is 8.44. The maximum Gasteiger partial charge on any atom is 0.236 e. The first kappa shape index (κ1) is 17.5. The number of hydrogen-bond donors (Lipinski definition) is 1. The monoisotopic (exact) mass is 362 g/mol. The van der Waals surface area contributed by atoms with Crippen LogP contribution in [0.2, 0.25) is 5.02 Å². The van der Waals surface area contributed by atoms with E-state index in [0.717, 1.165) is 32.8 Å². The van der Waals surface area contributed by atoms with Crippen LogP contribution in [0.5, 0.6) is 5.75 Å². The normalized spacial score (nSPS) is 14.9. The minimum Gasteiger partial charge on any atom is -0.484 e. The van der Waals surface area contributed by atoms with E-state index in [-0.39, 0.29) is 12.3 Å². The SMILES string of the molecule is N#Cc1nc(COc2ccc(Cl)cc2)oc1NCCN1CCOCC1. The van der Waals surface area contributed by atoms with E-state index in [1.54, 1.807) is 24.3 Å². The van der Waals surface area contributed by atoms with Gasteiger partial charge in [0.25, 0.3) is 0 Å². The zero-order valence-electron chi connectivity index (χ0n) is 13.7. The summed E-state index contributed by atoms with van der Waals surface area (Å²) in [5.74, 6) is 1.38. The van der Waals surface area contributed by atoms with Crippen molar-refractivity contribution in [1.82, 2.24) is 9.88 Å². The Morgan fingerprint density at radius 1 is 1.28 bits per heavy atom. The Hall–Kier alpha value is -2.27. The van der Waals surface area contributed by atoms with Crippen LogP contribution < -0.4 is 10.1 Å². The highest BCUT2D eigenvalue weighted by Crippen LogP contribution is 2.20. The molecule has 132 valence electrons. The van der Waals surface area contributed by atoms with E-state index in [9.17, 15) is 5.26 Å². The average molecular weight is 363 g/mol. The van der Waals surface area contributed by atoms with E-state index >= 15 is 0 Å². The zero-order chi connectivity index (χ0) is 17.5. The molecule has 1 N–H and O–H groups in total. The molecule has 0 radical (unpaired) electrons. The van der Waals surface area contributed by atoms with Crippen LogP contribution in [0, 0.1) is 11.3 Å². The van der Waals surface area contributed by atoms with Crippen molar-refractivity contribution in [3.63, 3.8) is 0 Å². The fraction of sp³-hybridized carbons (Fsp3) is 0.412. The number of ether oxygens (including phenoxy) is 2. The summed E-state index contributed by atoms with van der Waals surface area (Å²) in [6.45, 7) is 5.02. The third kappa shape index (κ3) is 5.10. The summed E-state index contributed by atoms with van der Waals surface area (Å²) in [6.07, 6.45) is 0. The first-order chi connectivity index (χ1) is 12.2. The second-order valence-electron chi connectivity index (χ2n) is 5.52. The smallest absolute Gasteiger partial charge is 0.236 e. The van der Waals surface area contributed by atoms with Gasteiger partial charge in [-0.05, 0) is 24.3 Å². The van der Waals surface area contributed by atoms with E-state index in [1.165, 1.54) is 0 Å². The van der Waals surface area contributed by atoms with Crippen molar-refractivity contribution >= 4 is 17.5 Å². The molecule has 8 heteroatoms. The molecule has 0 saturated carbocycles. The molecule has 25 heavy (non-hydrogen) atoms. The number of benzene rings is 1. The van der Waals surface area contributed by atoms with Gasteiger partial charge in [0.1, 0.15) is 11.8 Å². The van der Waals surface area contributed by atoms with Gasteiger partial charge in [-0.2, -0.15) is 10.2 Å². The predicted octanol–water partition coefficient (Wildman–Crippen LogP) is 2.52. The lowest BCUT2D eigenvalue weighted by Crippen LogP contribution is -2.39. The molecule has 1 aliphatic rings. The van der Waals surface area contributed by atoms with Crippen molar-refractivity contribution in [2.75, 3.05) is 44.7 Å². The van der Waals surface area contributed by atoms with Gasteiger partial charge in [0.15, 0.2) is 6.61 Å². The average Bonchev–Trinajstić information content (AvgIpc) is 3.04. The van der Waals surface area contributed by atoms with Gasteiger partial charge in [0.2, 0.25) is 17.5 Å². The molecule has 0 amide bonds. The maximum atomic E-state index is 9.20. The van der Waals surface area contributed by atoms with Crippen molar-refractivity contribution in [1.29, 1.82) is 5.26 Å². The predicted molar refractivity (Wildman–Crippen MR) is 92.8 cm³/mol. The van der Waals surface area contributed by atoms with E-state index in [1.807, 2.05) is 6.07 Å². The van der Waals surface area contributed by atoms with Crippen molar-refractivity contribution < 1.29 is 13.9 Å². The van der Waals surface area contributed by atoms with Crippen LogP contribution in [-0.4, -0.2) is 49.3 Å². The number of anilines is 1. The number of aromatic nitrogens is 1. The Kier molecular flexibility index (Phi) is 6.12. The van der Waals surface area contributed by atoms with Crippen molar-refractivity contribution in [2.45, 2.75) is 6.61 Å². The van der Waals surface area contributed by atoms with Crippen molar-refractivity contribution in [3.05, 3.63) is 40.9 Å². The zero-order valence-corrected chi connectivity index (χ0v) is 14.5. The summed E-state index contributed by atoms with van der Waals surface area (Å²) in [4.78, 5) is 6.45. The third-order valence-electron chi connectivity index (χ3n) is 3.77. The molecule has 7 nitrogen and oxygen atoms in total. The lowest BCUT2D eigenvalue weighted by molar-refractivity contribution is 0.0398. The summed E-state index contributed by atoms with van der Waals surface area (Å²) in [5.41, 5.74) is 0.233. The van der Waals surface area contributed by atoms with Gasteiger partial charge < -0.3 is 19.2 Å². The standard InChI is InChI=1S/C17H19ClN4O3/c18-13-1-3-14(4-2-13)24-12-16-21-15(11-19)17(25-16)20-5-6-22-7-9-23-10-8-22/h1-4,20H,5-10,12H2. The molecule has 1 saturated heterocycles. The molecular formula is C17H19ClN4O3. The van der Waals surface area contributed by atoms with E-state index in [4.69, 9.17) is 25.5 Å². The Morgan fingerprint density at radius 2 is 2.04 bits per heavy atom. The summed E-state index contributed by atoms with van der Waals surface area (Å²) < 4.78 is 16.5. The highest BCUT2D eigenvalue weighted by Gasteiger charge is 2.14. The maximum absolute atomic E-state index is 9.20. The highest BCUT2D eigenvalue weighted by atomic mass is 35.5. The fourth-order valence-electron chi connectivity index (χ4n) is 2.45. The number of nitrogens with zero attached hydrogens (tertiary/aromatic N) is 3. The molecule has 0 atom stereocenters. The van der Waals surface area contributed by atoms with Gasteiger partial charge in [-0.3, -0.25) is 4.90 Å². The molecule has 0 bridgehead atoms. The van der Waals surface area contributed by atoms with Crippen LogP contribution in [0.1, 0.15) is 11.6 Å². The summed E-state index contributed by atoms with van der Waals surface area (Å²) in [5, 5.41) is 13.0. The second-order valence-corrected chi connectivity index (χ2v) is 5.96. The number of nitrogens with one attached hydrogen (secondary N) is 1. The lowest BCUT2D eigenvalue weighted by atomic mass is 10.3. The van der Waals surface area contributed by atoms with Crippen molar-refractivity contribution in [3.8, 4) is 11.8 Å². The topological polar surface area (TPSA) is 83.5 Å². The van der Waals surface area contributed by atoms with Gasteiger partial charge >= 0.3 is 0 Å². The largest absolute Gasteiger partial charge is 0.484 e. The van der Waals surface area contributed by atoms with Gasteiger partial charge in [0, 0.05) is 31.2 Å². The first-order valence-electron chi connectivity index (χ1n) is 8.07. The Morgan fingerprint density at radius 3 is 2.76 bits per heavy atom. The van der Waals surface area contributed by atoms with E-state index < -0.39 is 0 Å². The third-order valence-corrected chi connectivity index (χ3v) is 4.02. The molecule has 1 aromatic carbocycles. The van der Waals surface area contributed by atoms with E-state index in [0.29, 0.717) is 29.1 Å². The van der Waals surface area contributed by atoms with Crippen LogP contribution in [0.15, 0.2) is 28.7 Å². The summed E-state index contributed by atoms with van der Waals surface area (Å²) >= 11 is 5.84. The summed E-state index contributed by atoms with van der Waals surface area (Å²) in [6, 6.07) is 9.04. The van der Waals surface area contributed by atoms with E-state index in [2.05, 4.69) is 15.2 Å². The molecule has 2 aromatic rings. The summed E-state index contributed by atoms with van der Waals surface area (Å²) in [7, 11) is 0.